The molecule has 0 spiro atoms. The van der Waals surface area contributed by atoms with Crippen LogP contribution in [0.4, 0.5) is 17.5 Å². The molecule has 0 amide bonds. The van der Waals surface area contributed by atoms with Crippen LogP contribution < -0.4 is 10.6 Å². The molecular weight excluding hydrogens is 333 g/mol. The van der Waals surface area contributed by atoms with Crippen molar-refractivity contribution in [2.75, 3.05) is 10.6 Å². The van der Waals surface area contributed by atoms with Gasteiger partial charge in [-0.25, -0.2) is 0 Å². The maximum absolute atomic E-state index is 6.12. The van der Waals surface area contributed by atoms with Crippen LogP contribution in [0.15, 0.2) is 54.7 Å². The van der Waals surface area contributed by atoms with E-state index in [4.69, 9.17) is 23.2 Å². The molecule has 23 heavy (non-hydrogen) atoms. The van der Waals surface area contributed by atoms with E-state index in [2.05, 4.69) is 25.8 Å². The number of nitrogens with zero attached hydrogens (tertiary/aromatic N) is 3. The fourth-order valence-electron chi connectivity index (χ4n) is 1.94. The van der Waals surface area contributed by atoms with E-state index >= 15 is 0 Å². The zero-order valence-electron chi connectivity index (χ0n) is 12.0. The Labute approximate surface area is 143 Å². The summed E-state index contributed by atoms with van der Waals surface area (Å²) in [5, 5.41) is 15.2. The van der Waals surface area contributed by atoms with Crippen molar-refractivity contribution in [1.82, 2.24) is 15.2 Å². The lowest BCUT2D eigenvalue weighted by Gasteiger charge is -2.09. The maximum Gasteiger partial charge on any atom is 0.249 e. The van der Waals surface area contributed by atoms with Gasteiger partial charge in [-0.3, -0.25) is 0 Å². The van der Waals surface area contributed by atoms with Gasteiger partial charge >= 0.3 is 0 Å². The quantitative estimate of drug-likeness (QED) is 0.710. The van der Waals surface area contributed by atoms with E-state index in [1.54, 1.807) is 24.4 Å². The predicted molar refractivity (Wildman–Crippen MR) is 93.3 cm³/mol. The van der Waals surface area contributed by atoms with Gasteiger partial charge in [0.05, 0.1) is 16.9 Å². The first-order valence-electron chi connectivity index (χ1n) is 6.90. The van der Waals surface area contributed by atoms with Gasteiger partial charge in [0.2, 0.25) is 5.95 Å². The summed E-state index contributed by atoms with van der Waals surface area (Å²) < 4.78 is 0. The number of anilines is 3. The lowest BCUT2D eigenvalue weighted by atomic mass is 10.2. The predicted octanol–water partition coefficient (Wildman–Crippen LogP) is 4.53. The van der Waals surface area contributed by atoms with Gasteiger partial charge in [-0.15, -0.1) is 5.10 Å². The van der Waals surface area contributed by atoms with E-state index in [0.717, 1.165) is 5.56 Å². The van der Waals surface area contributed by atoms with Crippen molar-refractivity contribution in [3.05, 3.63) is 70.3 Å². The number of halogens is 2. The van der Waals surface area contributed by atoms with Gasteiger partial charge in [0.15, 0.2) is 5.82 Å². The zero-order valence-corrected chi connectivity index (χ0v) is 13.5. The largest absolute Gasteiger partial charge is 0.365 e. The highest BCUT2D eigenvalue weighted by Gasteiger charge is 2.05. The van der Waals surface area contributed by atoms with Crippen LogP contribution in [0.3, 0.4) is 0 Å². The van der Waals surface area contributed by atoms with Crippen molar-refractivity contribution >= 4 is 40.7 Å². The Morgan fingerprint density at radius 3 is 2.61 bits per heavy atom. The monoisotopic (exact) mass is 345 g/mol. The summed E-state index contributed by atoms with van der Waals surface area (Å²) in [5.41, 5.74) is 1.82. The molecule has 1 aromatic heterocycles. The highest BCUT2D eigenvalue weighted by Crippen LogP contribution is 2.27. The Morgan fingerprint density at radius 1 is 1.00 bits per heavy atom. The Bertz CT molecular complexity index is 795. The van der Waals surface area contributed by atoms with Crippen LogP contribution in [0.2, 0.25) is 10.0 Å². The first-order chi connectivity index (χ1) is 11.2. The third-order valence-electron chi connectivity index (χ3n) is 3.05. The summed E-state index contributed by atoms with van der Waals surface area (Å²) >= 11 is 12.0. The number of aromatic nitrogens is 3. The van der Waals surface area contributed by atoms with Gasteiger partial charge in [-0.2, -0.15) is 10.1 Å². The molecule has 0 atom stereocenters. The first-order valence-corrected chi connectivity index (χ1v) is 7.66. The molecule has 116 valence electrons. The molecule has 0 bridgehead atoms. The van der Waals surface area contributed by atoms with E-state index in [1.165, 1.54) is 0 Å². The molecule has 0 aliphatic carbocycles. The second-order valence-corrected chi connectivity index (χ2v) is 5.60. The molecule has 1 heterocycles. The van der Waals surface area contributed by atoms with Crippen molar-refractivity contribution in [1.29, 1.82) is 0 Å². The lowest BCUT2D eigenvalue weighted by Crippen LogP contribution is -2.05. The zero-order chi connectivity index (χ0) is 16.1. The Balaban J connectivity index is 1.69. The number of benzene rings is 2. The number of hydrogen-bond donors (Lipinski definition) is 2. The van der Waals surface area contributed by atoms with Crippen LogP contribution in [0.1, 0.15) is 5.56 Å². The fraction of sp³-hybridized carbons (Fsp3) is 0.0625. The summed E-state index contributed by atoms with van der Waals surface area (Å²) in [4.78, 5) is 4.36. The van der Waals surface area contributed by atoms with Gasteiger partial charge in [-0.1, -0.05) is 53.5 Å². The van der Waals surface area contributed by atoms with Gasteiger partial charge in [-0.05, 0) is 23.8 Å². The highest BCUT2D eigenvalue weighted by atomic mass is 35.5. The second kappa shape index (κ2) is 7.26. The van der Waals surface area contributed by atoms with Gasteiger partial charge < -0.3 is 10.6 Å². The van der Waals surface area contributed by atoms with Crippen LogP contribution in [0.5, 0.6) is 0 Å². The van der Waals surface area contributed by atoms with E-state index < -0.39 is 0 Å². The van der Waals surface area contributed by atoms with E-state index in [1.807, 2.05) is 30.3 Å². The topological polar surface area (TPSA) is 62.7 Å². The highest BCUT2D eigenvalue weighted by molar-refractivity contribution is 6.36. The van der Waals surface area contributed by atoms with E-state index in [9.17, 15) is 0 Å². The van der Waals surface area contributed by atoms with Crippen molar-refractivity contribution in [2.45, 2.75) is 6.54 Å². The average Bonchev–Trinajstić information content (AvgIpc) is 2.57. The maximum atomic E-state index is 6.12. The average molecular weight is 346 g/mol. The summed E-state index contributed by atoms with van der Waals surface area (Å²) in [5.74, 6) is 0.976. The molecule has 0 saturated carbocycles. The van der Waals surface area contributed by atoms with Crippen LogP contribution in [-0.2, 0) is 6.54 Å². The lowest BCUT2D eigenvalue weighted by molar-refractivity contribution is 0.966. The SMILES string of the molecule is Clc1ccc(Nc2nncc(NCc3ccccc3)n2)c(Cl)c1. The molecule has 0 fully saturated rings. The van der Waals surface area contributed by atoms with Crippen LogP contribution in [0, 0.1) is 0 Å². The molecule has 0 aliphatic rings. The van der Waals surface area contributed by atoms with Gasteiger partial charge in [0.1, 0.15) is 0 Å². The fourth-order valence-corrected chi connectivity index (χ4v) is 2.40. The van der Waals surface area contributed by atoms with Crippen molar-refractivity contribution < 1.29 is 0 Å². The standard InChI is InChI=1S/C16H13Cl2N5/c17-12-6-7-14(13(18)8-12)21-16-22-15(10-20-23-16)19-9-11-4-2-1-3-5-11/h1-8,10H,9H2,(H2,19,21,22,23). The molecule has 2 aromatic carbocycles. The summed E-state index contributed by atoms with van der Waals surface area (Å²) in [6, 6.07) is 15.2. The van der Waals surface area contributed by atoms with E-state index in [-0.39, 0.29) is 0 Å². The number of nitrogens with one attached hydrogen (secondary N) is 2. The molecule has 7 heteroatoms. The molecule has 2 N–H and O–H groups in total. The Kier molecular flexibility index (Phi) is 4.90. The van der Waals surface area contributed by atoms with E-state index in [0.29, 0.717) is 34.0 Å². The smallest absolute Gasteiger partial charge is 0.249 e. The summed E-state index contributed by atoms with van der Waals surface area (Å²) in [6.07, 6.45) is 1.57. The number of hydrogen-bond acceptors (Lipinski definition) is 5. The van der Waals surface area contributed by atoms with Crippen molar-refractivity contribution in [3.8, 4) is 0 Å². The minimum Gasteiger partial charge on any atom is -0.365 e. The van der Waals surface area contributed by atoms with Crippen molar-refractivity contribution in [2.24, 2.45) is 0 Å². The van der Waals surface area contributed by atoms with Crippen LogP contribution in [0.25, 0.3) is 0 Å². The molecule has 0 aliphatic heterocycles. The molecule has 0 saturated heterocycles. The summed E-state index contributed by atoms with van der Waals surface area (Å²) in [6.45, 7) is 0.653. The first kappa shape index (κ1) is 15.5. The van der Waals surface area contributed by atoms with Crippen LogP contribution in [-0.4, -0.2) is 15.2 Å². The third kappa shape index (κ3) is 4.31. The third-order valence-corrected chi connectivity index (χ3v) is 3.60. The Hall–Kier alpha value is -2.37. The second-order valence-electron chi connectivity index (χ2n) is 4.75. The summed E-state index contributed by atoms with van der Waals surface area (Å²) in [7, 11) is 0. The van der Waals surface area contributed by atoms with Gasteiger partial charge in [0.25, 0.3) is 0 Å². The molecule has 0 radical (unpaired) electrons. The van der Waals surface area contributed by atoms with Crippen LogP contribution >= 0.6 is 23.2 Å². The van der Waals surface area contributed by atoms with Gasteiger partial charge in [0, 0.05) is 11.6 Å². The minimum atomic E-state index is 0.354. The molecule has 5 nitrogen and oxygen atoms in total. The molecular formula is C16H13Cl2N5. The normalized spacial score (nSPS) is 10.3. The van der Waals surface area contributed by atoms with Crippen molar-refractivity contribution in [3.63, 3.8) is 0 Å². The molecule has 0 unspecified atom stereocenters. The number of rotatable bonds is 5. The molecule has 3 aromatic rings. The Morgan fingerprint density at radius 2 is 1.83 bits per heavy atom. The molecule has 3 rings (SSSR count). The minimum absolute atomic E-state index is 0.354.